The molecule has 1 atom stereocenters. The molecule has 0 aliphatic carbocycles. The van der Waals surface area contributed by atoms with E-state index in [4.69, 9.17) is 11.0 Å². The molecule has 1 aromatic carbocycles. The van der Waals surface area contributed by atoms with Crippen molar-refractivity contribution in [2.75, 3.05) is 0 Å². The van der Waals surface area contributed by atoms with Gasteiger partial charge in [-0.2, -0.15) is 5.26 Å². The number of nitrogens with zero attached hydrogens (tertiary/aromatic N) is 1. The molecule has 3 nitrogen and oxygen atoms in total. The van der Waals surface area contributed by atoms with Gasteiger partial charge in [-0.05, 0) is 18.6 Å². The van der Waals surface area contributed by atoms with Crippen molar-refractivity contribution in [3.8, 4) is 11.8 Å². The molecule has 0 amide bonds. The SMILES string of the molecule is C=CC[C@H](N)c1cc(C#N)cc(F)c1O.Cl. The second kappa shape index (κ2) is 6.11. The molecule has 0 aromatic heterocycles. The fraction of sp³-hybridized carbons (Fsp3) is 0.182. The summed E-state index contributed by atoms with van der Waals surface area (Å²) in [5, 5.41) is 18.0. The maximum absolute atomic E-state index is 13.1. The second-order valence-corrected chi connectivity index (χ2v) is 3.14. The lowest BCUT2D eigenvalue weighted by atomic mass is 10.0. The molecule has 1 rings (SSSR count). The van der Waals surface area contributed by atoms with Gasteiger partial charge in [0.1, 0.15) is 0 Å². The molecule has 0 saturated carbocycles. The summed E-state index contributed by atoms with van der Waals surface area (Å²) in [5.74, 6) is -1.33. The van der Waals surface area contributed by atoms with Crippen molar-refractivity contribution < 1.29 is 9.50 Å². The number of phenolic OH excluding ortho intramolecular Hbond substituents is 1. The smallest absolute Gasteiger partial charge is 0.166 e. The molecule has 0 spiro atoms. The largest absolute Gasteiger partial charge is 0.505 e. The Balaban J connectivity index is 0.00000225. The van der Waals surface area contributed by atoms with E-state index < -0.39 is 17.6 Å². The Morgan fingerprint density at radius 3 is 2.75 bits per heavy atom. The third-order valence-corrected chi connectivity index (χ3v) is 2.04. The first-order valence-electron chi connectivity index (χ1n) is 4.39. The van der Waals surface area contributed by atoms with E-state index >= 15 is 0 Å². The van der Waals surface area contributed by atoms with Crippen LogP contribution in [0.5, 0.6) is 5.75 Å². The number of benzene rings is 1. The normalized spacial score (nSPS) is 11.1. The summed E-state index contributed by atoms with van der Waals surface area (Å²) in [5.41, 5.74) is 6.06. The summed E-state index contributed by atoms with van der Waals surface area (Å²) in [6.07, 6.45) is 1.98. The molecule has 0 bridgehead atoms. The van der Waals surface area contributed by atoms with Crippen molar-refractivity contribution in [2.45, 2.75) is 12.5 Å². The molecule has 1 aromatic rings. The van der Waals surface area contributed by atoms with E-state index in [1.54, 1.807) is 12.1 Å². The van der Waals surface area contributed by atoms with Crippen LogP contribution in [0.4, 0.5) is 4.39 Å². The lowest BCUT2D eigenvalue weighted by molar-refractivity contribution is 0.420. The van der Waals surface area contributed by atoms with Gasteiger partial charge in [0.2, 0.25) is 0 Å². The molecular weight excluding hydrogens is 231 g/mol. The summed E-state index contributed by atoms with van der Waals surface area (Å²) in [6.45, 7) is 3.50. The monoisotopic (exact) mass is 242 g/mol. The quantitative estimate of drug-likeness (QED) is 0.800. The Labute approximate surface area is 99.4 Å². The van der Waals surface area contributed by atoms with Crippen LogP contribution in [0, 0.1) is 17.1 Å². The number of halogens is 2. The van der Waals surface area contributed by atoms with Crippen LogP contribution in [0.25, 0.3) is 0 Å². The van der Waals surface area contributed by atoms with Crippen molar-refractivity contribution in [2.24, 2.45) is 5.73 Å². The molecule has 5 heteroatoms. The molecule has 0 radical (unpaired) electrons. The van der Waals surface area contributed by atoms with E-state index in [0.29, 0.717) is 6.42 Å². The van der Waals surface area contributed by atoms with Crippen LogP contribution < -0.4 is 5.73 Å². The highest BCUT2D eigenvalue weighted by molar-refractivity contribution is 5.85. The molecule has 0 aliphatic heterocycles. The molecule has 0 unspecified atom stereocenters. The van der Waals surface area contributed by atoms with E-state index in [9.17, 15) is 9.50 Å². The van der Waals surface area contributed by atoms with Crippen LogP contribution in [0.3, 0.4) is 0 Å². The van der Waals surface area contributed by atoms with Crippen molar-refractivity contribution in [3.63, 3.8) is 0 Å². The molecule has 16 heavy (non-hydrogen) atoms. The van der Waals surface area contributed by atoms with Gasteiger partial charge >= 0.3 is 0 Å². The number of nitriles is 1. The molecule has 0 aliphatic rings. The van der Waals surface area contributed by atoms with Gasteiger partial charge in [0.15, 0.2) is 11.6 Å². The average molecular weight is 243 g/mol. The third-order valence-electron chi connectivity index (χ3n) is 2.04. The molecule has 0 heterocycles. The average Bonchev–Trinajstić information content (AvgIpc) is 2.22. The molecule has 86 valence electrons. The Kier molecular flexibility index (Phi) is 5.51. The summed E-state index contributed by atoms with van der Waals surface area (Å²) in [7, 11) is 0. The van der Waals surface area contributed by atoms with E-state index in [2.05, 4.69) is 6.58 Å². The zero-order chi connectivity index (χ0) is 11.4. The Morgan fingerprint density at radius 1 is 1.62 bits per heavy atom. The van der Waals surface area contributed by atoms with Crippen LogP contribution >= 0.6 is 12.4 Å². The van der Waals surface area contributed by atoms with Gasteiger partial charge in [-0.15, -0.1) is 19.0 Å². The van der Waals surface area contributed by atoms with Crippen molar-refractivity contribution >= 4 is 12.4 Å². The number of nitrogens with two attached hydrogens (primary N) is 1. The third kappa shape index (κ3) is 2.96. The van der Waals surface area contributed by atoms with E-state index in [0.717, 1.165) is 6.07 Å². The first kappa shape index (κ1) is 14.4. The standard InChI is InChI=1S/C11H11FN2O.ClH/c1-2-3-10(14)8-4-7(6-13)5-9(12)11(8)15;/h2,4-5,10,15H,1,3,14H2;1H/t10-;/m0./s1. The highest BCUT2D eigenvalue weighted by atomic mass is 35.5. The van der Waals surface area contributed by atoms with Crippen LogP contribution in [0.15, 0.2) is 24.8 Å². The minimum Gasteiger partial charge on any atom is -0.505 e. The first-order chi connectivity index (χ1) is 7.10. The van der Waals surface area contributed by atoms with Crippen LogP contribution in [0.1, 0.15) is 23.6 Å². The summed E-state index contributed by atoms with van der Waals surface area (Å²) >= 11 is 0. The Hall–Kier alpha value is -1.57. The second-order valence-electron chi connectivity index (χ2n) is 3.14. The summed E-state index contributed by atoms with van der Waals surface area (Å²) in [6, 6.07) is 3.60. The van der Waals surface area contributed by atoms with Crippen LogP contribution in [0.2, 0.25) is 0 Å². The van der Waals surface area contributed by atoms with Gasteiger partial charge in [0.05, 0.1) is 11.6 Å². The molecule has 0 saturated heterocycles. The van der Waals surface area contributed by atoms with Gasteiger partial charge < -0.3 is 10.8 Å². The molecule has 3 N–H and O–H groups in total. The number of aromatic hydroxyl groups is 1. The van der Waals surface area contributed by atoms with Crippen molar-refractivity contribution in [3.05, 3.63) is 41.7 Å². The Bertz CT molecular complexity index is 429. The maximum Gasteiger partial charge on any atom is 0.166 e. The molecule has 0 fully saturated rings. The van der Waals surface area contributed by atoms with E-state index in [-0.39, 0.29) is 23.5 Å². The zero-order valence-corrected chi connectivity index (χ0v) is 9.30. The topological polar surface area (TPSA) is 70.0 Å². The van der Waals surface area contributed by atoms with E-state index in [1.807, 2.05) is 0 Å². The summed E-state index contributed by atoms with van der Waals surface area (Å²) in [4.78, 5) is 0. The van der Waals surface area contributed by atoms with Gasteiger partial charge in [-0.3, -0.25) is 0 Å². The fourth-order valence-corrected chi connectivity index (χ4v) is 1.27. The predicted molar refractivity (Wildman–Crippen MR) is 61.8 cm³/mol. The van der Waals surface area contributed by atoms with E-state index in [1.165, 1.54) is 6.07 Å². The Morgan fingerprint density at radius 2 is 2.25 bits per heavy atom. The lowest BCUT2D eigenvalue weighted by Crippen LogP contribution is -2.10. The van der Waals surface area contributed by atoms with Gasteiger partial charge in [-0.25, -0.2) is 4.39 Å². The summed E-state index contributed by atoms with van der Waals surface area (Å²) < 4.78 is 13.1. The minimum atomic E-state index is -0.830. The first-order valence-corrected chi connectivity index (χ1v) is 4.39. The highest BCUT2D eigenvalue weighted by Crippen LogP contribution is 2.28. The van der Waals surface area contributed by atoms with Crippen molar-refractivity contribution in [1.29, 1.82) is 5.26 Å². The highest BCUT2D eigenvalue weighted by Gasteiger charge is 2.14. The number of phenols is 1. The number of hydrogen-bond acceptors (Lipinski definition) is 3. The van der Waals surface area contributed by atoms with Gasteiger partial charge in [0.25, 0.3) is 0 Å². The molecular formula is C11H12ClFN2O. The number of rotatable bonds is 3. The van der Waals surface area contributed by atoms with Gasteiger partial charge in [0, 0.05) is 11.6 Å². The lowest BCUT2D eigenvalue weighted by Gasteiger charge is -2.12. The zero-order valence-electron chi connectivity index (χ0n) is 8.48. The van der Waals surface area contributed by atoms with Crippen LogP contribution in [-0.2, 0) is 0 Å². The minimum absolute atomic E-state index is 0. The number of hydrogen-bond donors (Lipinski definition) is 2. The maximum atomic E-state index is 13.1. The van der Waals surface area contributed by atoms with Gasteiger partial charge in [-0.1, -0.05) is 6.08 Å². The van der Waals surface area contributed by atoms with Crippen LogP contribution in [-0.4, -0.2) is 5.11 Å². The van der Waals surface area contributed by atoms with Crippen molar-refractivity contribution in [1.82, 2.24) is 0 Å². The predicted octanol–water partition coefficient (Wildman–Crippen LogP) is 2.40. The fourth-order valence-electron chi connectivity index (χ4n) is 1.27.